The van der Waals surface area contributed by atoms with Gasteiger partial charge in [0.15, 0.2) is 0 Å². The maximum absolute atomic E-state index is 11.9. The Morgan fingerprint density at radius 3 is 2.41 bits per heavy atom. The molecule has 1 aromatic heterocycles. The number of hydrogen-bond acceptors (Lipinski definition) is 5. The topological polar surface area (TPSA) is 77.5 Å². The Morgan fingerprint density at radius 1 is 0.963 bits per heavy atom. The molecule has 0 atom stereocenters. The van der Waals surface area contributed by atoms with E-state index in [0.717, 1.165) is 11.1 Å². The van der Waals surface area contributed by atoms with Crippen molar-refractivity contribution in [2.24, 2.45) is 0 Å². The van der Waals surface area contributed by atoms with Crippen molar-refractivity contribution in [2.45, 2.75) is 6.92 Å². The van der Waals surface area contributed by atoms with E-state index in [-0.39, 0.29) is 0 Å². The van der Waals surface area contributed by atoms with E-state index in [2.05, 4.69) is 10.3 Å². The van der Waals surface area contributed by atoms with Crippen molar-refractivity contribution in [1.29, 1.82) is 0 Å². The fourth-order valence-electron chi connectivity index (χ4n) is 2.41. The summed E-state index contributed by atoms with van der Waals surface area (Å²) < 4.78 is 10.2. The molecule has 6 nitrogen and oxygen atoms in total. The van der Waals surface area contributed by atoms with Crippen molar-refractivity contribution in [2.75, 3.05) is 11.9 Å². The molecule has 3 aromatic rings. The monoisotopic (exact) mass is 362 g/mol. The van der Waals surface area contributed by atoms with Gasteiger partial charge in [-0.1, -0.05) is 30.3 Å². The van der Waals surface area contributed by atoms with Gasteiger partial charge in [0.25, 0.3) is 0 Å². The molecule has 3 rings (SSSR count). The van der Waals surface area contributed by atoms with Gasteiger partial charge < -0.3 is 9.47 Å². The smallest absolute Gasteiger partial charge is 0.417 e. The molecule has 1 heterocycles. The molecule has 0 saturated carbocycles. The van der Waals surface area contributed by atoms with Crippen molar-refractivity contribution in [3.8, 4) is 16.9 Å². The molecule has 6 heteroatoms. The van der Waals surface area contributed by atoms with E-state index >= 15 is 0 Å². The number of pyridine rings is 1. The average Bonchev–Trinajstić information content (AvgIpc) is 2.69. The summed E-state index contributed by atoms with van der Waals surface area (Å²) in [6.45, 7) is 2.06. The predicted molar refractivity (Wildman–Crippen MR) is 102 cm³/mol. The second kappa shape index (κ2) is 8.62. The van der Waals surface area contributed by atoms with Crippen LogP contribution in [0.1, 0.15) is 17.3 Å². The molecule has 0 spiro atoms. The number of ether oxygens (including phenoxy) is 2. The number of anilines is 1. The summed E-state index contributed by atoms with van der Waals surface area (Å²) in [6, 6.07) is 17.7. The zero-order chi connectivity index (χ0) is 19.1. The minimum absolute atomic E-state index is 0.308. The molecule has 136 valence electrons. The summed E-state index contributed by atoms with van der Waals surface area (Å²) in [6.07, 6.45) is 2.56. The minimum Gasteiger partial charge on any atom is -0.462 e. The van der Waals surface area contributed by atoms with Crippen molar-refractivity contribution >= 4 is 17.7 Å². The minimum atomic E-state index is -0.570. The van der Waals surface area contributed by atoms with Gasteiger partial charge in [-0.05, 0) is 42.8 Å². The molecule has 27 heavy (non-hydrogen) atoms. The van der Waals surface area contributed by atoms with Crippen LogP contribution in [0.4, 0.5) is 10.5 Å². The Labute approximate surface area is 156 Å². The lowest BCUT2D eigenvalue weighted by Gasteiger charge is -2.08. The summed E-state index contributed by atoms with van der Waals surface area (Å²) in [5.74, 6) is 0.0577. The molecule has 2 aromatic carbocycles. The summed E-state index contributed by atoms with van der Waals surface area (Å²) in [4.78, 5) is 27.8. The van der Waals surface area contributed by atoms with Gasteiger partial charge in [0, 0.05) is 23.6 Å². The fraction of sp³-hybridized carbons (Fsp3) is 0.0952. The van der Waals surface area contributed by atoms with Crippen LogP contribution in [-0.4, -0.2) is 23.7 Å². The van der Waals surface area contributed by atoms with E-state index in [0.29, 0.717) is 23.6 Å². The number of amides is 1. The Bertz CT molecular complexity index is 924. The highest BCUT2D eigenvalue weighted by atomic mass is 16.6. The van der Waals surface area contributed by atoms with Gasteiger partial charge in [-0.2, -0.15) is 0 Å². The Kier molecular flexibility index (Phi) is 5.79. The van der Waals surface area contributed by atoms with Gasteiger partial charge in [-0.3, -0.25) is 10.3 Å². The molecule has 0 bridgehead atoms. The number of hydrogen-bond donors (Lipinski definition) is 1. The highest BCUT2D eigenvalue weighted by Crippen LogP contribution is 2.22. The third kappa shape index (κ3) is 4.92. The van der Waals surface area contributed by atoms with Crippen LogP contribution >= 0.6 is 0 Å². The second-order valence-electron chi connectivity index (χ2n) is 5.59. The van der Waals surface area contributed by atoms with Gasteiger partial charge in [-0.15, -0.1) is 0 Å². The van der Waals surface area contributed by atoms with Crippen LogP contribution in [-0.2, 0) is 4.74 Å². The number of carbonyl (C=O) groups is 2. The molecule has 0 unspecified atom stereocenters. The summed E-state index contributed by atoms with van der Waals surface area (Å²) in [7, 11) is 0. The number of nitrogens with one attached hydrogen (secondary N) is 1. The average molecular weight is 362 g/mol. The van der Waals surface area contributed by atoms with E-state index in [9.17, 15) is 9.59 Å². The molecule has 0 saturated heterocycles. The molecular formula is C21H18N2O4. The maximum Gasteiger partial charge on any atom is 0.417 e. The lowest BCUT2D eigenvalue weighted by atomic mass is 10.1. The number of aromatic nitrogens is 1. The van der Waals surface area contributed by atoms with Crippen LogP contribution in [0.15, 0.2) is 73.1 Å². The van der Waals surface area contributed by atoms with Crippen molar-refractivity contribution in [3.05, 3.63) is 78.6 Å². The standard InChI is InChI=1S/C21H18N2O4/c1-2-26-20(24)17-12-16(13-22-14-17)15-8-10-18(11-9-15)23-21(25)27-19-6-4-3-5-7-19/h3-14H,2H2,1H3,(H,23,25). The first kappa shape index (κ1) is 18.1. The van der Waals surface area contributed by atoms with Gasteiger partial charge in [-0.25, -0.2) is 9.59 Å². The highest BCUT2D eigenvalue weighted by Gasteiger charge is 2.09. The largest absolute Gasteiger partial charge is 0.462 e. The first-order valence-corrected chi connectivity index (χ1v) is 8.42. The van der Waals surface area contributed by atoms with Gasteiger partial charge in [0.1, 0.15) is 5.75 Å². The molecule has 1 N–H and O–H groups in total. The molecule has 0 aliphatic rings. The van der Waals surface area contributed by atoms with Crippen LogP contribution in [0, 0.1) is 0 Å². The highest BCUT2D eigenvalue weighted by molar-refractivity contribution is 5.91. The molecule has 1 amide bonds. The predicted octanol–water partition coefficient (Wildman–Crippen LogP) is 4.54. The quantitative estimate of drug-likeness (QED) is 0.675. The number of nitrogens with zero attached hydrogens (tertiary/aromatic N) is 1. The first-order chi connectivity index (χ1) is 13.2. The molecule has 0 aliphatic heterocycles. The second-order valence-corrected chi connectivity index (χ2v) is 5.59. The fourth-order valence-corrected chi connectivity index (χ4v) is 2.41. The molecule has 0 radical (unpaired) electrons. The number of esters is 1. The summed E-state index contributed by atoms with van der Waals surface area (Å²) >= 11 is 0. The Balaban J connectivity index is 1.67. The Hall–Kier alpha value is -3.67. The summed E-state index contributed by atoms with van der Waals surface area (Å²) in [5, 5.41) is 2.66. The third-order valence-electron chi connectivity index (χ3n) is 3.67. The van der Waals surface area contributed by atoms with E-state index in [4.69, 9.17) is 9.47 Å². The van der Waals surface area contributed by atoms with Gasteiger partial charge in [0.05, 0.1) is 12.2 Å². The van der Waals surface area contributed by atoms with Crippen LogP contribution in [0.5, 0.6) is 5.75 Å². The zero-order valence-corrected chi connectivity index (χ0v) is 14.7. The van der Waals surface area contributed by atoms with E-state index in [1.807, 2.05) is 18.2 Å². The normalized spacial score (nSPS) is 10.1. The van der Waals surface area contributed by atoms with E-state index < -0.39 is 12.1 Å². The number of carbonyl (C=O) groups excluding carboxylic acids is 2. The summed E-state index contributed by atoms with van der Waals surface area (Å²) in [5.41, 5.74) is 2.62. The third-order valence-corrected chi connectivity index (χ3v) is 3.67. The van der Waals surface area contributed by atoms with Gasteiger partial charge >= 0.3 is 12.1 Å². The number of rotatable bonds is 5. The van der Waals surface area contributed by atoms with Crippen LogP contribution in [0.2, 0.25) is 0 Å². The molecule has 0 aliphatic carbocycles. The zero-order valence-electron chi connectivity index (χ0n) is 14.7. The van der Waals surface area contributed by atoms with Crippen molar-refractivity contribution in [1.82, 2.24) is 4.98 Å². The number of benzene rings is 2. The molecular weight excluding hydrogens is 344 g/mol. The van der Waals surface area contributed by atoms with Crippen LogP contribution in [0.3, 0.4) is 0 Å². The van der Waals surface area contributed by atoms with Crippen LogP contribution in [0.25, 0.3) is 11.1 Å². The first-order valence-electron chi connectivity index (χ1n) is 8.42. The van der Waals surface area contributed by atoms with Crippen molar-refractivity contribution in [3.63, 3.8) is 0 Å². The van der Waals surface area contributed by atoms with Crippen molar-refractivity contribution < 1.29 is 19.1 Å². The molecule has 0 fully saturated rings. The number of para-hydroxylation sites is 1. The lowest BCUT2D eigenvalue weighted by Crippen LogP contribution is -2.16. The van der Waals surface area contributed by atoms with Crippen LogP contribution < -0.4 is 10.1 Å². The SMILES string of the molecule is CCOC(=O)c1cncc(-c2ccc(NC(=O)Oc3ccccc3)cc2)c1. The Morgan fingerprint density at radius 2 is 1.70 bits per heavy atom. The van der Waals surface area contributed by atoms with Gasteiger partial charge in [0.2, 0.25) is 0 Å². The lowest BCUT2D eigenvalue weighted by molar-refractivity contribution is 0.0526. The maximum atomic E-state index is 11.9. The van der Waals surface area contributed by atoms with E-state index in [1.54, 1.807) is 55.6 Å². The van der Waals surface area contributed by atoms with E-state index in [1.165, 1.54) is 6.20 Å².